The van der Waals surface area contributed by atoms with Crippen LogP contribution in [-0.4, -0.2) is 16.1 Å². The van der Waals surface area contributed by atoms with Crippen molar-refractivity contribution in [2.75, 3.05) is 0 Å². The molecule has 0 bridgehead atoms. The van der Waals surface area contributed by atoms with Crippen LogP contribution in [0.1, 0.15) is 53.5 Å². The van der Waals surface area contributed by atoms with Crippen molar-refractivity contribution >= 4 is 5.97 Å². The number of aromatic amines is 1. The second kappa shape index (κ2) is 3.15. The van der Waals surface area contributed by atoms with Crippen LogP contribution in [0.4, 0.5) is 0 Å². The lowest BCUT2D eigenvalue weighted by atomic mass is 9.97. The lowest BCUT2D eigenvalue weighted by Gasteiger charge is -2.06. The van der Waals surface area contributed by atoms with Gasteiger partial charge in [-0.1, -0.05) is 13.8 Å². The molecule has 0 amide bonds. The summed E-state index contributed by atoms with van der Waals surface area (Å²) in [5, 5.41) is 9.04. The molecule has 0 radical (unpaired) electrons. The average molecular weight is 193 g/mol. The fraction of sp³-hybridized carbons (Fsp3) is 0.545. The van der Waals surface area contributed by atoms with E-state index < -0.39 is 5.97 Å². The average Bonchev–Trinajstić information content (AvgIpc) is 2.58. The third kappa shape index (κ3) is 1.24. The maximum absolute atomic E-state index is 11.0. The summed E-state index contributed by atoms with van der Waals surface area (Å²) in [6, 6.07) is 0. The van der Waals surface area contributed by atoms with Crippen molar-refractivity contribution in [3.8, 4) is 0 Å². The summed E-state index contributed by atoms with van der Waals surface area (Å²) < 4.78 is 0. The van der Waals surface area contributed by atoms with Crippen LogP contribution in [0.25, 0.3) is 0 Å². The van der Waals surface area contributed by atoms with Gasteiger partial charge < -0.3 is 10.1 Å². The number of rotatable bonds is 2. The van der Waals surface area contributed by atoms with Crippen LogP contribution in [-0.2, 0) is 12.8 Å². The normalized spacial score (nSPS) is 14.8. The van der Waals surface area contributed by atoms with Gasteiger partial charge in [-0.15, -0.1) is 0 Å². The molecule has 0 aliphatic heterocycles. The van der Waals surface area contributed by atoms with Gasteiger partial charge in [-0.3, -0.25) is 0 Å². The van der Waals surface area contributed by atoms with Gasteiger partial charge in [0.1, 0.15) is 5.69 Å². The molecular weight excluding hydrogens is 178 g/mol. The minimum absolute atomic E-state index is 0.291. The Labute approximate surface area is 83.1 Å². The molecule has 1 aromatic heterocycles. The van der Waals surface area contributed by atoms with Gasteiger partial charge in [-0.2, -0.15) is 0 Å². The number of carbonyl (C=O) groups is 1. The minimum atomic E-state index is -0.830. The van der Waals surface area contributed by atoms with E-state index in [2.05, 4.69) is 4.98 Å². The molecule has 0 saturated heterocycles. The lowest BCUT2D eigenvalue weighted by molar-refractivity contribution is 0.0689. The van der Waals surface area contributed by atoms with E-state index in [1.165, 1.54) is 5.56 Å². The Morgan fingerprint density at radius 1 is 1.43 bits per heavy atom. The molecule has 1 aliphatic rings. The number of aromatic nitrogens is 1. The molecule has 76 valence electrons. The molecule has 1 heterocycles. The SMILES string of the molecule is CC(C)c1c(C(=O)O)[nH]c2c1CCC2. The minimum Gasteiger partial charge on any atom is -0.477 e. The number of H-pyrrole nitrogens is 1. The van der Waals surface area contributed by atoms with E-state index in [1.54, 1.807) is 0 Å². The highest BCUT2D eigenvalue weighted by Crippen LogP contribution is 2.32. The van der Waals surface area contributed by atoms with Crippen molar-refractivity contribution in [1.29, 1.82) is 0 Å². The number of carboxylic acid groups (broad SMARTS) is 1. The fourth-order valence-corrected chi connectivity index (χ4v) is 2.35. The largest absolute Gasteiger partial charge is 0.477 e. The van der Waals surface area contributed by atoms with Crippen LogP contribution in [0.2, 0.25) is 0 Å². The molecule has 2 rings (SSSR count). The number of fused-ring (bicyclic) bond motifs is 1. The highest BCUT2D eigenvalue weighted by molar-refractivity contribution is 5.88. The summed E-state index contributed by atoms with van der Waals surface area (Å²) in [5.41, 5.74) is 3.83. The van der Waals surface area contributed by atoms with Crippen molar-refractivity contribution in [3.05, 3.63) is 22.5 Å². The number of nitrogens with one attached hydrogen (secondary N) is 1. The topological polar surface area (TPSA) is 53.1 Å². The van der Waals surface area contributed by atoms with E-state index in [-0.39, 0.29) is 0 Å². The van der Waals surface area contributed by atoms with Crippen molar-refractivity contribution in [3.63, 3.8) is 0 Å². The first kappa shape index (κ1) is 9.31. The quantitative estimate of drug-likeness (QED) is 0.757. The highest BCUT2D eigenvalue weighted by Gasteiger charge is 2.25. The summed E-state index contributed by atoms with van der Waals surface area (Å²) in [4.78, 5) is 14.0. The van der Waals surface area contributed by atoms with E-state index in [1.807, 2.05) is 13.8 Å². The molecule has 0 unspecified atom stereocenters. The van der Waals surface area contributed by atoms with Gasteiger partial charge in [-0.25, -0.2) is 4.79 Å². The summed E-state index contributed by atoms with van der Waals surface area (Å²) in [5.74, 6) is -0.540. The van der Waals surface area contributed by atoms with E-state index in [0.29, 0.717) is 11.6 Å². The predicted molar refractivity (Wildman–Crippen MR) is 53.9 cm³/mol. The standard InChI is InChI=1S/C11H15NO2/c1-6(2)9-7-4-3-5-8(7)12-10(9)11(13)14/h6,12H,3-5H2,1-2H3,(H,13,14). The molecule has 0 aromatic carbocycles. The van der Waals surface area contributed by atoms with Gasteiger partial charge in [0.15, 0.2) is 0 Å². The van der Waals surface area contributed by atoms with Crippen molar-refractivity contribution in [2.45, 2.75) is 39.0 Å². The lowest BCUT2D eigenvalue weighted by Crippen LogP contribution is -2.04. The fourth-order valence-electron chi connectivity index (χ4n) is 2.35. The smallest absolute Gasteiger partial charge is 0.352 e. The summed E-state index contributed by atoms with van der Waals surface area (Å²) in [6.45, 7) is 4.10. The Morgan fingerprint density at radius 3 is 2.71 bits per heavy atom. The van der Waals surface area contributed by atoms with E-state index in [4.69, 9.17) is 5.11 Å². The first-order valence-corrected chi connectivity index (χ1v) is 5.08. The van der Waals surface area contributed by atoms with Crippen LogP contribution < -0.4 is 0 Å². The molecule has 1 aromatic rings. The maximum atomic E-state index is 11.0. The Balaban J connectivity index is 2.57. The summed E-state index contributed by atoms with van der Waals surface area (Å²) >= 11 is 0. The second-order valence-corrected chi connectivity index (χ2v) is 4.18. The number of aromatic carboxylic acids is 1. The number of hydrogen-bond acceptors (Lipinski definition) is 1. The van der Waals surface area contributed by atoms with Crippen LogP contribution in [0.3, 0.4) is 0 Å². The number of hydrogen-bond donors (Lipinski definition) is 2. The molecule has 0 spiro atoms. The Bertz CT molecular complexity index is 377. The zero-order valence-electron chi connectivity index (χ0n) is 8.55. The van der Waals surface area contributed by atoms with Crippen LogP contribution in [0.5, 0.6) is 0 Å². The van der Waals surface area contributed by atoms with Crippen molar-refractivity contribution in [2.24, 2.45) is 0 Å². The molecule has 14 heavy (non-hydrogen) atoms. The molecule has 2 N–H and O–H groups in total. The summed E-state index contributed by atoms with van der Waals surface area (Å²) in [7, 11) is 0. The maximum Gasteiger partial charge on any atom is 0.352 e. The van der Waals surface area contributed by atoms with E-state index in [0.717, 1.165) is 30.5 Å². The van der Waals surface area contributed by atoms with E-state index >= 15 is 0 Å². The Hall–Kier alpha value is -1.25. The predicted octanol–water partition coefficient (Wildman–Crippen LogP) is 2.33. The molecule has 3 heteroatoms. The van der Waals surface area contributed by atoms with Gasteiger partial charge >= 0.3 is 5.97 Å². The highest BCUT2D eigenvalue weighted by atomic mass is 16.4. The molecule has 1 aliphatic carbocycles. The monoisotopic (exact) mass is 193 g/mol. The van der Waals surface area contributed by atoms with Crippen molar-refractivity contribution in [1.82, 2.24) is 4.98 Å². The Kier molecular flexibility index (Phi) is 2.10. The zero-order chi connectivity index (χ0) is 10.3. The number of carboxylic acids is 1. The third-order valence-corrected chi connectivity index (χ3v) is 2.88. The summed E-state index contributed by atoms with van der Waals surface area (Å²) in [6.07, 6.45) is 3.19. The molecule has 0 saturated carbocycles. The van der Waals surface area contributed by atoms with Gasteiger partial charge in [-0.05, 0) is 36.3 Å². The van der Waals surface area contributed by atoms with Gasteiger partial charge in [0.25, 0.3) is 0 Å². The zero-order valence-corrected chi connectivity index (χ0v) is 8.55. The van der Waals surface area contributed by atoms with Crippen LogP contribution >= 0.6 is 0 Å². The first-order valence-electron chi connectivity index (χ1n) is 5.08. The number of aryl methyl sites for hydroxylation is 1. The van der Waals surface area contributed by atoms with E-state index in [9.17, 15) is 4.79 Å². The van der Waals surface area contributed by atoms with Crippen molar-refractivity contribution < 1.29 is 9.90 Å². The Morgan fingerprint density at radius 2 is 2.14 bits per heavy atom. The van der Waals surface area contributed by atoms with Gasteiger partial charge in [0.2, 0.25) is 0 Å². The second-order valence-electron chi connectivity index (χ2n) is 4.18. The third-order valence-electron chi connectivity index (χ3n) is 2.88. The van der Waals surface area contributed by atoms with Crippen LogP contribution in [0.15, 0.2) is 0 Å². The molecule has 3 nitrogen and oxygen atoms in total. The van der Waals surface area contributed by atoms with Gasteiger partial charge in [0.05, 0.1) is 0 Å². The molecule has 0 fully saturated rings. The van der Waals surface area contributed by atoms with Crippen LogP contribution in [0, 0.1) is 0 Å². The molecule has 0 atom stereocenters. The first-order chi connectivity index (χ1) is 6.61. The molecular formula is C11H15NO2. The van der Waals surface area contributed by atoms with Gasteiger partial charge in [0, 0.05) is 5.69 Å².